The molecule has 0 aromatic carbocycles. The molecule has 1 saturated carbocycles. The van der Waals surface area contributed by atoms with Crippen molar-refractivity contribution < 1.29 is 14.2 Å². The van der Waals surface area contributed by atoms with E-state index in [9.17, 15) is 0 Å². The summed E-state index contributed by atoms with van der Waals surface area (Å²) in [7, 11) is 2.01. The molecule has 0 amide bonds. The van der Waals surface area contributed by atoms with Crippen LogP contribution in [0.2, 0.25) is 0 Å². The molecule has 6 heteroatoms. The van der Waals surface area contributed by atoms with Gasteiger partial charge in [0.1, 0.15) is 0 Å². The van der Waals surface area contributed by atoms with Crippen LogP contribution in [0.15, 0.2) is 37.6 Å². The zero-order valence-electron chi connectivity index (χ0n) is 24.2. The monoisotopic (exact) mass is 521 g/mol. The average molecular weight is 522 g/mol. The molecule has 6 nitrogen and oxygen atoms in total. The minimum atomic E-state index is -0.163. The Morgan fingerprint density at radius 1 is 0.919 bits per heavy atom. The standard InChI is InChI=1S/C31H59N3O3/c1-6-8-10-14-18-31(33-5,25-35-20-9-7-2)26-36-22-17-28(4)34-19-15-12-11-13-16-21-37-30-24-27(3)23-29(30)32/h6-7,27,29-30,33-34H,1-2,4,8-26,32H2,3,5H3. The molecule has 0 bridgehead atoms. The van der Waals surface area contributed by atoms with Crippen molar-refractivity contribution in [1.29, 1.82) is 0 Å². The molecule has 1 aliphatic carbocycles. The lowest BCUT2D eigenvalue weighted by molar-refractivity contribution is 0.00516. The van der Waals surface area contributed by atoms with Crippen molar-refractivity contribution in [3.05, 3.63) is 37.6 Å². The Morgan fingerprint density at radius 2 is 1.62 bits per heavy atom. The summed E-state index contributed by atoms with van der Waals surface area (Å²) in [6.07, 6.45) is 18.4. The molecule has 37 heavy (non-hydrogen) atoms. The van der Waals surface area contributed by atoms with Gasteiger partial charge in [0.05, 0.1) is 38.1 Å². The molecule has 1 fully saturated rings. The number of hydrogen-bond acceptors (Lipinski definition) is 6. The van der Waals surface area contributed by atoms with Crippen LogP contribution in [0.4, 0.5) is 0 Å². The SMILES string of the molecule is C=CCCCCC(COCCC=C)(COCCC(=C)NCCCCCCCOC1CC(C)CC1N)NC. The van der Waals surface area contributed by atoms with Crippen LogP contribution in [0.25, 0.3) is 0 Å². The van der Waals surface area contributed by atoms with E-state index in [4.69, 9.17) is 19.9 Å². The van der Waals surface area contributed by atoms with Crippen molar-refractivity contribution in [2.24, 2.45) is 11.7 Å². The lowest BCUT2D eigenvalue weighted by Crippen LogP contribution is -2.51. The third-order valence-corrected chi connectivity index (χ3v) is 7.43. The number of ether oxygens (including phenoxy) is 3. The number of nitrogens with two attached hydrogens (primary N) is 1. The molecule has 0 heterocycles. The van der Waals surface area contributed by atoms with Crippen LogP contribution in [-0.2, 0) is 14.2 Å². The van der Waals surface area contributed by atoms with E-state index in [0.29, 0.717) is 32.3 Å². The molecule has 0 aromatic rings. The molecule has 1 rings (SSSR count). The number of hydrogen-bond donors (Lipinski definition) is 3. The summed E-state index contributed by atoms with van der Waals surface area (Å²) < 4.78 is 18.0. The Morgan fingerprint density at radius 3 is 2.30 bits per heavy atom. The Kier molecular flexibility index (Phi) is 19.9. The van der Waals surface area contributed by atoms with Gasteiger partial charge in [-0.25, -0.2) is 0 Å². The minimum absolute atomic E-state index is 0.163. The zero-order chi connectivity index (χ0) is 27.2. The van der Waals surface area contributed by atoms with Crippen LogP contribution in [0.5, 0.6) is 0 Å². The summed E-state index contributed by atoms with van der Waals surface area (Å²) in [6.45, 7) is 18.5. The van der Waals surface area contributed by atoms with Crippen molar-refractivity contribution in [1.82, 2.24) is 10.6 Å². The summed E-state index contributed by atoms with van der Waals surface area (Å²) in [5.74, 6) is 0.708. The van der Waals surface area contributed by atoms with E-state index in [-0.39, 0.29) is 17.7 Å². The molecule has 0 aliphatic heterocycles. The van der Waals surface area contributed by atoms with Gasteiger partial charge in [-0.3, -0.25) is 0 Å². The molecular formula is C31H59N3O3. The predicted molar refractivity (Wildman–Crippen MR) is 158 cm³/mol. The second-order valence-electron chi connectivity index (χ2n) is 10.9. The minimum Gasteiger partial charge on any atom is -0.389 e. The van der Waals surface area contributed by atoms with Crippen molar-refractivity contribution >= 4 is 0 Å². The number of unbranched alkanes of at least 4 members (excludes halogenated alkanes) is 6. The van der Waals surface area contributed by atoms with Gasteiger partial charge in [0.2, 0.25) is 0 Å². The molecule has 0 aromatic heterocycles. The van der Waals surface area contributed by atoms with Crippen LogP contribution >= 0.6 is 0 Å². The van der Waals surface area contributed by atoms with Crippen LogP contribution in [-0.4, -0.2) is 64.3 Å². The van der Waals surface area contributed by atoms with Crippen LogP contribution in [0.3, 0.4) is 0 Å². The molecule has 0 spiro atoms. The summed E-state index contributed by atoms with van der Waals surface area (Å²) in [6, 6.07) is 0.235. The first-order chi connectivity index (χ1) is 18.0. The number of allylic oxidation sites excluding steroid dienone is 1. The van der Waals surface area contributed by atoms with Gasteiger partial charge >= 0.3 is 0 Å². The van der Waals surface area contributed by atoms with Gasteiger partial charge in [0.25, 0.3) is 0 Å². The van der Waals surface area contributed by atoms with E-state index < -0.39 is 0 Å². The maximum atomic E-state index is 6.15. The molecule has 4 N–H and O–H groups in total. The third kappa shape index (κ3) is 16.4. The summed E-state index contributed by atoms with van der Waals surface area (Å²) in [5.41, 5.74) is 7.04. The van der Waals surface area contributed by atoms with Gasteiger partial charge in [-0.2, -0.15) is 0 Å². The quantitative estimate of drug-likeness (QED) is 0.0974. The van der Waals surface area contributed by atoms with E-state index in [1.807, 2.05) is 19.2 Å². The summed E-state index contributed by atoms with van der Waals surface area (Å²) >= 11 is 0. The molecular weight excluding hydrogens is 462 g/mol. The predicted octanol–water partition coefficient (Wildman–Crippen LogP) is 5.89. The highest BCUT2D eigenvalue weighted by molar-refractivity contribution is 4.91. The van der Waals surface area contributed by atoms with Gasteiger partial charge in [-0.1, -0.05) is 51.3 Å². The Balaban J connectivity index is 2.10. The average Bonchev–Trinajstić information content (AvgIpc) is 3.21. The summed E-state index contributed by atoms with van der Waals surface area (Å²) in [5, 5.41) is 6.96. The second kappa shape index (κ2) is 21.7. The lowest BCUT2D eigenvalue weighted by atomic mass is 9.94. The maximum Gasteiger partial charge on any atom is 0.0728 e. The van der Waals surface area contributed by atoms with Gasteiger partial charge in [-0.15, -0.1) is 13.2 Å². The van der Waals surface area contributed by atoms with E-state index >= 15 is 0 Å². The Labute approximate surface area is 228 Å². The fourth-order valence-corrected chi connectivity index (χ4v) is 4.93. The maximum absolute atomic E-state index is 6.15. The highest BCUT2D eigenvalue weighted by atomic mass is 16.5. The smallest absolute Gasteiger partial charge is 0.0728 e. The van der Waals surface area contributed by atoms with Crippen LogP contribution < -0.4 is 16.4 Å². The van der Waals surface area contributed by atoms with Crippen molar-refractivity contribution in [2.75, 3.05) is 46.6 Å². The topological polar surface area (TPSA) is 77.8 Å². The molecule has 216 valence electrons. The number of likely N-dealkylation sites (N-methyl/N-ethyl adjacent to an activating group) is 1. The first-order valence-electron chi connectivity index (χ1n) is 14.8. The number of rotatable bonds is 26. The highest BCUT2D eigenvalue weighted by Crippen LogP contribution is 2.26. The van der Waals surface area contributed by atoms with E-state index in [1.54, 1.807) is 0 Å². The normalized spacial score (nSPS) is 21.0. The zero-order valence-corrected chi connectivity index (χ0v) is 24.2. The number of nitrogens with one attached hydrogen (secondary N) is 2. The van der Waals surface area contributed by atoms with Crippen LogP contribution in [0, 0.1) is 5.92 Å². The van der Waals surface area contributed by atoms with Crippen molar-refractivity contribution in [3.8, 4) is 0 Å². The van der Waals surface area contributed by atoms with E-state index in [2.05, 4.69) is 37.3 Å². The van der Waals surface area contributed by atoms with E-state index in [0.717, 1.165) is 76.6 Å². The third-order valence-electron chi connectivity index (χ3n) is 7.43. The Hall–Kier alpha value is -1.18. The van der Waals surface area contributed by atoms with Gasteiger partial charge in [0, 0.05) is 31.3 Å². The highest BCUT2D eigenvalue weighted by Gasteiger charge is 2.30. The molecule has 1 aliphatic rings. The largest absolute Gasteiger partial charge is 0.389 e. The van der Waals surface area contributed by atoms with Crippen molar-refractivity contribution in [2.45, 2.75) is 108 Å². The fraction of sp³-hybridized carbons (Fsp3) is 0.806. The second-order valence-corrected chi connectivity index (χ2v) is 10.9. The fourth-order valence-electron chi connectivity index (χ4n) is 4.93. The first-order valence-corrected chi connectivity index (χ1v) is 14.8. The van der Waals surface area contributed by atoms with E-state index in [1.165, 1.54) is 25.7 Å². The molecule has 4 atom stereocenters. The van der Waals surface area contributed by atoms with Gasteiger partial charge < -0.3 is 30.6 Å². The Bertz CT molecular complexity index is 582. The molecule has 4 unspecified atom stereocenters. The van der Waals surface area contributed by atoms with Gasteiger partial charge in [0.15, 0.2) is 0 Å². The molecule has 0 saturated heterocycles. The first kappa shape index (κ1) is 33.8. The van der Waals surface area contributed by atoms with Crippen molar-refractivity contribution in [3.63, 3.8) is 0 Å². The molecule has 0 radical (unpaired) electrons. The summed E-state index contributed by atoms with van der Waals surface area (Å²) in [4.78, 5) is 0. The van der Waals surface area contributed by atoms with Gasteiger partial charge in [-0.05, 0) is 64.3 Å². The lowest BCUT2D eigenvalue weighted by Gasteiger charge is -2.33. The van der Waals surface area contributed by atoms with Crippen LogP contribution in [0.1, 0.15) is 90.4 Å².